The number of nitrogens with zero attached hydrogens (tertiary/aromatic N) is 4. The maximum absolute atomic E-state index is 4.48. The first-order chi connectivity index (χ1) is 8.69. The lowest BCUT2D eigenvalue weighted by Crippen LogP contribution is -2.43. The van der Waals surface area contributed by atoms with Crippen LogP contribution in [-0.4, -0.2) is 53.0 Å². The zero-order valence-corrected chi connectivity index (χ0v) is 11.8. The molecule has 4 nitrogen and oxygen atoms in total. The van der Waals surface area contributed by atoms with Crippen molar-refractivity contribution in [2.75, 3.05) is 33.2 Å². The van der Waals surface area contributed by atoms with Gasteiger partial charge in [0.25, 0.3) is 0 Å². The summed E-state index contributed by atoms with van der Waals surface area (Å²) in [6.07, 6.45) is 5.08. The highest BCUT2D eigenvalue weighted by Crippen LogP contribution is 2.14. The van der Waals surface area contributed by atoms with Crippen LogP contribution >= 0.6 is 0 Å². The van der Waals surface area contributed by atoms with Gasteiger partial charge in [-0.25, -0.2) is 9.97 Å². The molecule has 1 aromatic heterocycles. The summed E-state index contributed by atoms with van der Waals surface area (Å²) in [5.41, 5.74) is 1.23. The Labute approximate surface area is 110 Å². The molecule has 2 heterocycles. The van der Waals surface area contributed by atoms with Crippen molar-refractivity contribution in [2.24, 2.45) is 0 Å². The van der Waals surface area contributed by atoms with Crippen LogP contribution in [0.5, 0.6) is 0 Å². The second-order valence-electron chi connectivity index (χ2n) is 5.34. The van der Waals surface area contributed by atoms with Crippen LogP contribution in [0.15, 0.2) is 12.4 Å². The minimum Gasteiger partial charge on any atom is -0.304 e. The predicted octanol–water partition coefficient (Wildman–Crippen LogP) is 1.74. The molecule has 0 spiro atoms. The van der Waals surface area contributed by atoms with Gasteiger partial charge in [-0.15, -0.1) is 0 Å². The van der Waals surface area contributed by atoms with Crippen molar-refractivity contribution in [2.45, 2.75) is 32.7 Å². The molecule has 0 N–H and O–H groups in total. The summed E-state index contributed by atoms with van der Waals surface area (Å²) in [6.45, 7) is 9.93. The lowest BCUT2D eigenvalue weighted by molar-refractivity contribution is 0.148. The van der Waals surface area contributed by atoms with Gasteiger partial charge in [0.1, 0.15) is 5.82 Å². The Morgan fingerprint density at radius 1 is 1.17 bits per heavy atom. The maximum Gasteiger partial charge on any atom is 0.131 e. The Bertz CT molecular complexity index is 355. The van der Waals surface area contributed by atoms with E-state index in [2.05, 4.69) is 40.7 Å². The van der Waals surface area contributed by atoms with Crippen LogP contribution in [-0.2, 0) is 6.54 Å². The monoisotopic (exact) mass is 248 g/mol. The summed E-state index contributed by atoms with van der Waals surface area (Å²) in [6, 6.07) is 0. The quantitative estimate of drug-likeness (QED) is 0.812. The SMILES string of the molecule is CCC(C)c1ncc(CN2CCN(C)CC2)cn1. The molecule has 1 aromatic rings. The third-order valence-corrected chi connectivity index (χ3v) is 3.78. The summed E-state index contributed by atoms with van der Waals surface area (Å²) in [5, 5.41) is 0. The molecule has 0 aromatic carbocycles. The molecule has 4 heteroatoms. The fourth-order valence-corrected chi connectivity index (χ4v) is 2.15. The molecular formula is C14H24N4. The van der Waals surface area contributed by atoms with Crippen LogP contribution in [0.1, 0.15) is 37.6 Å². The summed E-state index contributed by atoms with van der Waals surface area (Å²) in [7, 11) is 2.18. The molecule has 0 amide bonds. The van der Waals surface area contributed by atoms with E-state index in [1.807, 2.05) is 12.4 Å². The smallest absolute Gasteiger partial charge is 0.131 e. The van der Waals surface area contributed by atoms with Crippen molar-refractivity contribution >= 4 is 0 Å². The average molecular weight is 248 g/mol. The minimum atomic E-state index is 0.461. The van der Waals surface area contributed by atoms with Gasteiger partial charge in [0, 0.05) is 56.6 Å². The van der Waals surface area contributed by atoms with E-state index >= 15 is 0 Å². The molecular weight excluding hydrogens is 224 g/mol. The molecule has 1 aliphatic rings. The van der Waals surface area contributed by atoms with Crippen molar-refractivity contribution in [3.05, 3.63) is 23.8 Å². The standard InChI is InChI=1S/C14H24N4/c1-4-12(2)14-15-9-13(10-16-14)11-18-7-5-17(3)6-8-18/h9-10,12H,4-8,11H2,1-3H3. The zero-order valence-electron chi connectivity index (χ0n) is 11.8. The van der Waals surface area contributed by atoms with Crippen LogP contribution in [0, 0.1) is 0 Å². The molecule has 0 radical (unpaired) electrons. The molecule has 1 fully saturated rings. The van der Waals surface area contributed by atoms with Crippen molar-refractivity contribution < 1.29 is 0 Å². The normalized spacial score (nSPS) is 19.9. The van der Waals surface area contributed by atoms with Gasteiger partial charge in [0.2, 0.25) is 0 Å². The molecule has 1 unspecified atom stereocenters. The lowest BCUT2D eigenvalue weighted by atomic mass is 10.1. The third-order valence-electron chi connectivity index (χ3n) is 3.78. The zero-order chi connectivity index (χ0) is 13.0. The number of piperazine rings is 1. The van der Waals surface area contributed by atoms with E-state index < -0.39 is 0 Å². The van der Waals surface area contributed by atoms with E-state index in [9.17, 15) is 0 Å². The number of rotatable bonds is 4. The number of aromatic nitrogens is 2. The van der Waals surface area contributed by atoms with Gasteiger partial charge in [-0.3, -0.25) is 4.90 Å². The second kappa shape index (κ2) is 6.25. The van der Waals surface area contributed by atoms with Gasteiger partial charge in [-0.05, 0) is 13.5 Å². The summed E-state index contributed by atoms with van der Waals surface area (Å²) in [4.78, 5) is 13.8. The molecule has 0 saturated carbocycles. The largest absolute Gasteiger partial charge is 0.304 e. The van der Waals surface area contributed by atoms with Gasteiger partial charge in [0.15, 0.2) is 0 Å². The first kappa shape index (κ1) is 13.4. The van der Waals surface area contributed by atoms with E-state index in [-0.39, 0.29) is 0 Å². The van der Waals surface area contributed by atoms with Crippen molar-refractivity contribution in [3.63, 3.8) is 0 Å². The van der Waals surface area contributed by atoms with Crippen LogP contribution < -0.4 is 0 Å². The van der Waals surface area contributed by atoms with Crippen molar-refractivity contribution in [1.82, 2.24) is 19.8 Å². The van der Waals surface area contributed by atoms with Crippen molar-refractivity contribution in [3.8, 4) is 0 Å². The molecule has 1 atom stereocenters. The van der Waals surface area contributed by atoms with E-state index in [1.54, 1.807) is 0 Å². The number of likely N-dealkylation sites (N-methyl/N-ethyl adjacent to an activating group) is 1. The number of hydrogen-bond acceptors (Lipinski definition) is 4. The lowest BCUT2D eigenvalue weighted by Gasteiger charge is -2.32. The summed E-state index contributed by atoms with van der Waals surface area (Å²) in [5.74, 6) is 1.43. The predicted molar refractivity (Wildman–Crippen MR) is 73.5 cm³/mol. The summed E-state index contributed by atoms with van der Waals surface area (Å²) < 4.78 is 0. The minimum absolute atomic E-state index is 0.461. The van der Waals surface area contributed by atoms with Gasteiger partial charge < -0.3 is 4.90 Å². The fourth-order valence-electron chi connectivity index (χ4n) is 2.15. The van der Waals surface area contributed by atoms with Gasteiger partial charge in [-0.1, -0.05) is 13.8 Å². The summed E-state index contributed by atoms with van der Waals surface area (Å²) >= 11 is 0. The molecule has 100 valence electrons. The number of hydrogen-bond donors (Lipinski definition) is 0. The Morgan fingerprint density at radius 2 is 1.78 bits per heavy atom. The van der Waals surface area contributed by atoms with E-state index in [0.29, 0.717) is 5.92 Å². The van der Waals surface area contributed by atoms with Crippen LogP contribution in [0.2, 0.25) is 0 Å². The van der Waals surface area contributed by atoms with Gasteiger partial charge in [-0.2, -0.15) is 0 Å². The fraction of sp³-hybridized carbons (Fsp3) is 0.714. The van der Waals surface area contributed by atoms with E-state index in [4.69, 9.17) is 0 Å². The highest BCUT2D eigenvalue weighted by molar-refractivity contribution is 5.07. The van der Waals surface area contributed by atoms with Gasteiger partial charge >= 0.3 is 0 Å². The Balaban J connectivity index is 1.90. The van der Waals surface area contributed by atoms with Crippen LogP contribution in [0.25, 0.3) is 0 Å². The molecule has 1 saturated heterocycles. The molecule has 0 bridgehead atoms. The highest BCUT2D eigenvalue weighted by atomic mass is 15.2. The Morgan fingerprint density at radius 3 is 2.33 bits per heavy atom. The van der Waals surface area contributed by atoms with Crippen LogP contribution in [0.4, 0.5) is 0 Å². The topological polar surface area (TPSA) is 32.3 Å². The molecule has 1 aliphatic heterocycles. The molecule has 18 heavy (non-hydrogen) atoms. The van der Waals surface area contributed by atoms with E-state index in [1.165, 1.54) is 5.56 Å². The van der Waals surface area contributed by atoms with Crippen molar-refractivity contribution in [1.29, 1.82) is 0 Å². The maximum atomic E-state index is 4.48. The second-order valence-corrected chi connectivity index (χ2v) is 5.34. The average Bonchev–Trinajstić information content (AvgIpc) is 2.41. The first-order valence-electron chi connectivity index (χ1n) is 6.90. The third kappa shape index (κ3) is 3.50. The Hall–Kier alpha value is -1.00. The highest BCUT2D eigenvalue weighted by Gasteiger charge is 2.14. The molecule has 0 aliphatic carbocycles. The Kier molecular flexibility index (Phi) is 4.66. The van der Waals surface area contributed by atoms with Crippen LogP contribution in [0.3, 0.4) is 0 Å². The van der Waals surface area contributed by atoms with Gasteiger partial charge in [0.05, 0.1) is 0 Å². The molecule has 2 rings (SSSR count). The first-order valence-corrected chi connectivity index (χ1v) is 6.90. The van der Waals surface area contributed by atoms with E-state index in [0.717, 1.165) is 45.0 Å².